The van der Waals surface area contributed by atoms with E-state index in [0.717, 1.165) is 65.1 Å². The zero-order valence-electron chi connectivity index (χ0n) is 27.1. The summed E-state index contributed by atoms with van der Waals surface area (Å²) < 4.78 is 36.8. The van der Waals surface area contributed by atoms with Crippen molar-refractivity contribution < 1.29 is 28.4 Å². The van der Waals surface area contributed by atoms with Crippen LogP contribution in [0.4, 0.5) is 0 Å². The molecule has 1 atom stereocenters. The number of hydrogen-bond acceptors (Lipinski definition) is 8. The molecule has 0 spiro atoms. The van der Waals surface area contributed by atoms with Gasteiger partial charge < -0.3 is 28.4 Å². The third-order valence-corrected chi connectivity index (χ3v) is 9.38. The lowest BCUT2D eigenvalue weighted by Gasteiger charge is -2.36. The van der Waals surface area contributed by atoms with Gasteiger partial charge in [-0.05, 0) is 78.4 Å². The van der Waals surface area contributed by atoms with E-state index >= 15 is 0 Å². The first-order valence-corrected chi connectivity index (χ1v) is 15.8. The topological polar surface area (TPSA) is 71.0 Å². The van der Waals surface area contributed by atoms with Crippen molar-refractivity contribution in [3.05, 3.63) is 99.6 Å². The highest BCUT2D eigenvalue weighted by Crippen LogP contribution is 2.50. The Labute approximate surface area is 270 Å². The van der Waals surface area contributed by atoms with Gasteiger partial charge in [0.25, 0.3) is 0 Å². The molecule has 0 unspecified atom stereocenters. The lowest BCUT2D eigenvalue weighted by atomic mass is 9.87. The largest absolute Gasteiger partial charge is 0.493 e. The highest BCUT2D eigenvalue weighted by molar-refractivity contribution is 6.07. The van der Waals surface area contributed by atoms with Gasteiger partial charge in [-0.3, -0.25) is 9.89 Å². The summed E-state index contributed by atoms with van der Waals surface area (Å²) in [7, 11) is 8.88. The minimum atomic E-state index is 0.0836. The number of rotatable bonds is 4. The number of ether oxygens (including phenoxy) is 6. The van der Waals surface area contributed by atoms with Gasteiger partial charge in [0.1, 0.15) is 12.4 Å². The Morgan fingerprint density at radius 3 is 2.15 bits per heavy atom. The summed E-state index contributed by atoms with van der Waals surface area (Å²) in [5.41, 5.74) is 8.84. The number of benzene rings is 4. The van der Waals surface area contributed by atoms with Crippen molar-refractivity contribution in [3.8, 4) is 40.2 Å². The van der Waals surface area contributed by atoms with E-state index in [1.54, 1.807) is 28.4 Å². The maximum Gasteiger partial charge on any atom is 0.204 e. The second kappa shape index (κ2) is 12.6. The van der Waals surface area contributed by atoms with Crippen LogP contribution < -0.4 is 28.4 Å². The van der Waals surface area contributed by atoms with Gasteiger partial charge >= 0.3 is 0 Å². The van der Waals surface area contributed by atoms with E-state index in [-0.39, 0.29) is 6.04 Å². The average molecular weight is 621 g/mol. The first kappa shape index (κ1) is 30.0. The third-order valence-electron chi connectivity index (χ3n) is 9.38. The Hall–Kier alpha value is -4.69. The van der Waals surface area contributed by atoms with Crippen molar-refractivity contribution >= 4 is 5.71 Å². The lowest BCUT2D eigenvalue weighted by molar-refractivity contribution is 0.221. The average Bonchev–Trinajstić information content (AvgIpc) is 3.08. The van der Waals surface area contributed by atoms with E-state index in [2.05, 4.69) is 60.5 Å². The number of likely N-dealkylation sites (N-methyl/N-ethyl adjacent to an activating group) is 1. The Morgan fingerprint density at radius 1 is 0.739 bits per heavy atom. The van der Waals surface area contributed by atoms with Crippen LogP contribution in [0.15, 0.2) is 65.7 Å². The molecule has 0 saturated heterocycles. The fourth-order valence-electron chi connectivity index (χ4n) is 6.97. The Morgan fingerprint density at radius 2 is 1.43 bits per heavy atom. The summed E-state index contributed by atoms with van der Waals surface area (Å²) in [6, 6.07) is 21.1. The van der Waals surface area contributed by atoms with Crippen LogP contribution in [0.2, 0.25) is 0 Å². The molecule has 0 fully saturated rings. The molecule has 46 heavy (non-hydrogen) atoms. The molecule has 0 radical (unpaired) electrons. The molecule has 6 bridgehead atoms. The van der Waals surface area contributed by atoms with Gasteiger partial charge in [-0.15, -0.1) is 0 Å². The minimum absolute atomic E-state index is 0.0836. The number of hydrogen-bond donors (Lipinski definition) is 0. The second-order valence-electron chi connectivity index (χ2n) is 12.0. The molecule has 0 aliphatic carbocycles. The quantitative estimate of drug-likeness (QED) is 0.250. The summed E-state index contributed by atoms with van der Waals surface area (Å²) in [6.07, 6.45) is 3.15. The van der Waals surface area contributed by atoms with Crippen molar-refractivity contribution in [1.29, 1.82) is 0 Å². The van der Waals surface area contributed by atoms with Crippen LogP contribution in [0.5, 0.6) is 40.2 Å². The highest BCUT2D eigenvalue weighted by atomic mass is 16.5. The number of methoxy groups -OCH3 is 4. The fourth-order valence-corrected chi connectivity index (χ4v) is 6.97. The van der Waals surface area contributed by atoms with Crippen molar-refractivity contribution in [2.75, 3.05) is 48.6 Å². The predicted octanol–water partition coefficient (Wildman–Crippen LogP) is 6.77. The van der Waals surface area contributed by atoms with Crippen LogP contribution in [-0.2, 0) is 32.3 Å². The molecule has 238 valence electrons. The Bertz CT molecular complexity index is 1780. The molecule has 4 aromatic carbocycles. The molecule has 10 rings (SSSR count). The third kappa shape index (κ3) is 5.41. The van der Waals surface area contributed by atoms with Crippen LogP contribution in [0.25, 0.3) is 0 Å². The summed E-state index contributed by atoms with van der Waals surface area (Å²) in [4.78, 5) is 7.37. The number of aliphatic imine (C=N–C) groups is 1. The molecule has 0 N–H and O–H groups in total. The van der Waals surface area contributed by atoms with Crippen LogP contribution in [0.1, 0.15) is 45.0 Å². The zero-order chi connectivity index (χ0) is 31.8. The molecular formula is C38H40N2O6. The molecule has 6 heterocycles. The first-order valence-electron chi connectivity index (χ1n) is 15.8. The molecule has 8 nitrogen and oxygen atoms in total. The molecule has 6 aliphatic heterocycles. The summed E-state index contributed by atoms with van der Waals surface area (Å²) in [5, 5.41) is 0. The van der Waals surface area contributed by atoms with Gasteiger partial charge in [0, 0.05) is 36.7 Å². The normalized spacial score (nSPS) is 17.2. The molecule has 8 heteroatoms. The van der Waals surface area contributed by atoms with E-state index in [9.17, 15) is 0 Å². The van der Waals surface area contributed by atoms with Gasteiger partial charge in [-0.2, -0.15) is 0 Å². The highest BCUT2D eigenvalue weighted by Gasteiger charge is 2.33. The van der Waals surface area contributed by atoms with Crippen molar-refractivity contribution in [1.82, 2.24) is 4.90 Å². The van der Waals surface area contributed by atoms with Gasteiger partial charge in [-0.25, -0.2) is 0 Å². The molecule has 0 saturated carbocycles. The molecule has 0 amide bonds. The maximum atomic E-state index is 6.75. The van der Waals surface area contributed by atoms with Crippen LogP contribution in [0.3, 0.4) is 0 Å². The monoisotopic (exact) mass is 620 g/mol. The smallest absolute Gasteiger partial charge is 0.204 e. The molecular weight excluding hydrogens is 580 g/mol. The van der Waals surface area contributed by atoms with Crippen LogP contribution >= 0.6 is 0 Å². The maximum absolute atomic E-state index is 6.75. The van der Waals surface area contributed by atoms with Gasteiger partial charge in [0.2, 0.25) is 11.5 Å². The van der Waals surface area contributed by atoms with E-state index in [0.29, 0.717) is 54.1 Å². The molecule has 0 aromatic heterocycles. The summed E-state index contributed by atoms with van der Waals surface area (Å²) in [6.45, 7) is 2.02. The van der Waals surface area contributed by atoms with Gasteiger partial charge in [-0.1, -0.05) is 36.4 Å². The van der Waals surface area contributed by atoms with E-state index in [4.69, 9.17) is 33.4 Å². The lowest BCUT2D eigenvalue weighted by Crippen LogP contribution is -2.34. The Kier molecular flexibility index (Phi) is 8.21. The summed E-state index contributed by atoms with van der Waals surface area (Å²) >= 11 is 0. The van der Waals surface area contributed by atoms with Crippen molar-refractivity contribution in [2.24, 2.45) is 4.99 Å². The molecule has 4 aromatic rings. The minimum Gasteiger partial charge on any atom is -0.493 e. The standard InChI is InChI=1S/C38H40N2O6/c1-40-17-15-27-21-31(41-2)35(43-4)38-34(27)30(40)19-24-6-8-25(9-7-24)22-45-36-32(42-3)20-26-14-16-39-29(33(26)37(36)44-5)18-23-10-12-28(46-38)13-11-23/h6-13,20-21,30H,14-19,22H2,1-5H3/t30-/m1/s1. The second-order valence-corrected chi connectivity index (χ2v) is 12.0. The van der Waals surface area contributed by atoms with Gasteiger partial charge in [0.05, 0.1) is 34.2 Å². The van der Waals surface area contributed by atoms with E-state index in [1.165, 1.54) is 11.1 Å². The van der Waals surface area contributed by atoms with Crippen molar-refractivity contribution in [2.45, 2.75) is 38.3 Å². The first-order chi connectivity index (χ1) is 22.5. The zero-order valence-corrected chi connectivity index (χ0v) is 27.1. The molecule has 6 aliphatic rings. The van der Waals surface area contributed by atoms with Gasteiger partial charge in [0.15, 0.2) is 23.0 Å². The fraction of sp³-hybridized carbons (Fsp3) is 0.342. The van der Waals surface area contributed by atoms with Crippen LogP contribution in [0, 0.1) is 0 Å². The SMILES string of the molecule is COc1cc2c3c(OC)c1OCc1ccc(cc1)C[C@@H]1c4c(cc(OC)c(OC)c4Oc4ccc(cc4)CC3=NCC2)CCN1C. The van der Waals surface area contributed by atoms with Crippen LogP contribution in [-0.4, -0.2) is 59.2 Å². The number of nitrogens with zero attached hydrogens (tertiary/aromatic N) is 2. The predicted molar refractivity (Wildman–Crippen MR) is 178 cm³/mol. The van der Waals surface area contributed by atoms with E-state index in [1.807, 2.05) is 12.1 Å². The summed E-state index contributed by atoms with van der Waals surface area (Å²) in [5.74, 6) is 4.63. The van der Waals surface area contributed by atoms with Crippen molar-refractivity contribution in [3.63, 3.8) is 0 Å². The Balaban J connectivity index is 1.38. The van der Waals surface area contributed by atoms with E-state index < -0.39 is 0 Å².